The summed E-state index contributed by atoms with van der Waals surface area (Å²) in [4.78, 5) is 50.0. The predicted molar refractivity (Wildman–Crippen MR) is 94.4 cm³/mol. The minimum atomic E-state index is -0.240. The molecular formula is C19H30N2O5. The Bertz CT molecular complexity index is 552. The molecule has 2 N–H and O–H groups in total. The summed E-state index contributed by atoms with van der Waals surface area (Å²) in [5.74, 6) is 0.472. The van der Waals surface area contributed by atoms with Crippen LogP contribution in [0.4, 0.5) is 0 Å². The molecule has 0 spiro atoms. The quantitative estimate of drug-likeness (QED) is 0.811. The molecule has 2 amide bonds. The van der Waals surface area contributed by atoms with Crippen molar-refractivity contribution in [2.45, 2.75) is 45.4 Å². The summed E-state index contributed by atoms with van der Waals surface area (Å²) in [6, 6.07) is 0. The summed E-state index contributed by atoms with van der Waals surface area (Å²) < 4.78 is 0. The molecule has 3 fully saturated rings. The van der Waals surface area contributed by atoms with E-state index >= 15 is 0 Å². The van der Waals surface area contributed by atoms with Crippen LogP contribution in [0.1, 0.15) is 45.4 Å². The van der Waals surface area contributed by atoms with Crippen LogP contribution in [0.2, 0.25) is 0 Å². The molecule has 0 radical (unpaired) electrons. The lowest BCUT2D eigenvalue weighted by Crippen LogP contribution is -2.48. The Balaban J connectivity index is 0.00000117. The Morgan fingerprint density at radius 2 is 1.73 bits per heavy atom. The van der Waals surface area contributed by atoms with Crippen LogP contribution in [-0.2, 0) is 24.0 Å². The SMILES string of the molecule is C=O.CC1CC(C(=O)C2CCC3C(=O)N(C)OCC3C2)CCC1C(N)=O. The molecule has 2 aliphatic carbocycles. The molecule has 7 heteroatoms. The first-order valence-electron chi connectivity index (χ1n) is 9.40. The van der Waals surface area contributed by atoms with Gasteiger partial charge >= 0.3 is 0 Å². The van der Waals surface area contributed by atoms with Crippen LogP contribution in [0.25, 0.3) is 0 Å². The van der Waals surface area contributed by atoms with Crippen molar-refractivity contribution < 1.29 is 24.0 Å². The standard InChI is InChI=1S/C18H28N2O4.CH2O/c1-10-7-11(3-5-14(10)17(19)22)16(21)12-4-6-15-13(8-12)9-24-20(2)18(15)23;1-2/h10-15H,3-9H2,1-2H3,(H2,19,22);1H2. The third-order valence-corrected chi connectivity index (χ3v) is 6.43. The van der Waals surface area contributed by atoms with E-state index in [9.17, 15) is 14.4 Å². The van der Waals surface area contributed by atoms with Crippen molar-refractivity contribution in [1.82, 2.24) is 5.06 Å². The van der Waals surface area contributed by atoms with Gasteiger partial charge in [0.1, 0.15) is 12.6 Å². The molecule has 6 unspecified atom stereocenters. The van der Waals surface area contributed by atoms with Gasteiger partial charge in [-0.1, -0.05) is 6.92 Å². The second kappa shape index (κ2) is 8.75. The highest BCUT2D eigenvalue weighted by molar-refractivity contribution is 5.85. The van der Waals surface area contributed by atoms with Crippen molar-refractivity contribution in [1.29, 1.82) is 0 Å². The van der Waals surface area contributed by atoms with Crippen molar-refractivity contribution in [3.63, 3.8) is 0 Å². The van der Waals surface area contributed by atoms with Crippen LogP contribution >= 0.6 is 0 Å². The first-order chi connectivity index (χ1) is 12.4. The number of ketones is 1. The summed E-state index contributed by atoms with van der Waals surface area (Å²) in [7, 11) is 1.66. The average molecular weight is 366 g/mol. The number of nitrogens with zero attached hydrogens (tertiary/aromatic N) is 1. The van der Waals surface area contributed by atoms with Gasteiger partial charge in [-0.3, -0.25) is 19.2 Å². The van der Waals surface area contributed by atoms with Crippen molar-refractivity contribution >= 4 is 24.4 Å². The van der Waals surface area contributed by atoms with Crippen LogP contribution in [0.5, 0.6) is 0 Å². The summed E-state index contributed by atoms with van der Waals surface area (Å²) in [5, 5.41) is 1.34. The monoisotopic (exact) mass is 366 g/mol. The maximum atomic E-state index is 12.9. The lowest BCUT2D eigenvalue weighted by atomic mass is 9.66. The molecule has 3 rings (SSSR count). The van der Waals surface area contributed by atoms with E-state index in [4.69, 9.17) is 15.4 Å². The van der Waals surface area contributed by atoms with Gasteiger partial charge in [0.15, 0.2) is 0 Å². The zero-order chi connectivity index (χ0) is 19.4. The van der Waals surface area contributed by atoms with E-state index in [0.717, 1.165) is 38.5 Å². The lowest BCUT2D eigenvalue weighted by Gasteiger charge is -2.41. The van der Waals surface area contributed by atoms with Crippen LogP contribution in [0.3, 0.4) is 0 Å². The van der Waals surface area contributed by atoms with Crippen LogP contribution in [0, 0.1) is 35.5 Å². The first kappa shape index (κ1) is 20.6. The van der Waals surface area contributed by atoms with E-state index in [-0.39, 0.29) is 47.3 Å². The van der Waals surface area contributed by atoms with E-state index in [1.807, 2.05) is 13.7 Å². The van der Waals surface area contributed by atoms with Gasteiger partial charge in [0.25, 0.3) is 0 Å². The van der Waals surface area contributed by atoms with Crippen molar-refractivity contribution in [2.24, 2.45) is 41.2 Å². The normalized spacial score (nSPS) is 37.2. The van der Waals surface area contributed by atoms with E-state index in [1.54, 1.807) is 7.05 Å². The average Bonchev–Trinajstić information content (AvgIpc) is 2.65. The smallest absolute Gasteiger partial charge is 0.249 e. The molecular weight excluding hydrogens is 336 g/mol. The number of Topliss-reactive ketones (excluding diaryl/α,β-unsaturated/α-hetero) is 1. The van der Waals surface area contributed by atoms with Gasteiger partial charge in [-0.2, -0.15) is 0 Å². The van der Waals surface area contributed by atoms with Crippen molar-refractivity contribution in [3.05, 3.63) is 0 Å². The number of amides is 2. The second-order valence-corrected chi connectivity index (χ2v) is 7.91. The molecule has 1 aliphatic heterocycles. The van der Waals surface area contributed by atoms with Gasteiger partial charge in [-0.05, 0) is 50.4 Å². The molecule has 7 nitrogen and oxygen atoms in total. The number of hydrogen-bond acceptors (Lipinski definition) is 5. The van der Waals surface area contributed by atoms with Crippen LogP contribution < -0.4 is 5.73 Å². The highest BCUT2D eigenvalue weighted by Gasteiger charge is 2.44. The van der Waals surface area contributed by atoms with Crippen LogP contribution in [0.15, 0.2) is 0 Å². The number of carbonyl (C=O) groups excluding carboxylic acids is 4. The van der Waals surface area contributed by atoms with Gasteiger partial charge in [0.2, 0.25) is 11.8 Å². The summed E-state index contributed by atoms with van der Waals surface area (Å²) >= 11 is 0. The minimum Gasteiger partial charge on any atom is -0.369 e. The van der Waals surface area contributed by atoms with Crippen molar-refractivity contribution in [2.75, 3.05) is 13.7 Å². The zero-order valence-corrected chi connectivity index (χ0v) is 15.7. The highest BCUT2D eigenvalue weighted by Crippen LogP contribution is 2.42. The number of primary amides is 1. The van der Waals surface area contributed by atoms with Crippen LogP contribution in [-0.4, -0.2) is 43.1 Å². The highest BCUT2D eigenvalue weighted by atomic mass is 16.7. The number of hydroxylamine groups is 2. The number of hydrogen-bond donors (Lipinski definition) is 1. The maximum absolute atomic E-state index is 12.9. The summed E-state index contributed by atoms with van der Waals surface area (Å²) in [5.41, 5.74) is 5.45. The first-order valence-corrected chi connectivity index (χ1v) is 9.40. The Hall–Kier alpha value is -1.76. The Kier molecular flexibility index (Phi) is 6.92. The third kappa shape index (κ3) is 4.14. The second-order valence-electron chi connectivity index (χ2n) is 7.91. The van der Waals surface area contributed by atoms with Gasteiger partial charge in [-0.15, -0.1) is 0 Å². The predicted octanol–water partition coefficient (Wildman–Crippen LogP) is 1.34. The number of nitrogens with two attached hydrogens (primary N) is 1. The molecule has 146 valence electrons. The molecule has 3 aliphatic rings. The van der Waals surface area contributed by atoms with Gasteiger partial charge in [-0.25, -0.2) is 5.06 Å². The van der Waals surface area contributed by atoms with Gasteiger partial charge in [0, 0.05) is 30.7 Å². The molecule has 0 aromatic rings. The van der Waals surface area contributed by atoms with Gasteiger partial charge < -0.3 is 10.5 Å². The Labute approximate surface area is 154 Å². The van der Waals surface area contributed by atoms with E-state index in [2.05, 4.69) is 0 Å². The molecule has 0 aromatic heterocycles. The molecule has 2 saturated carbocycles. The third-order valence-electron chi connectivity index (χ3n) is 6.43. The zero-order valence-electron chi connectivity index (χ0n) is 15.7. The molecule has 1 saturated heterocycles. The fraction of sp³-hybridized carbons (Fsp3) is 0.789. The number of carbonyl (C=O) groups is 4. The Morgan fingerprint density at radius 3 is 2.35 bits per heavy atom. The maximum Gasteiger partial charge on any atom is 0.249 e. The molecule has 0 bridgehead atoms. The number of rotatable bonds is 3. The van der Waals surface area contributed by atoms with Gasteiger partial charge in [0.05, 0.1) is 6.61 Å². The van der Waals surface area contributed by atoms with E-state index < -0.39 is 0 Å². The Morgan fingerprint density at radius 1 is 1.12 bits per heavy atom. The van der Waals surface area contributed by atoms with E-state index in [1.165, 1.54) is 5.06 Å². The number of fused-ring (bicyclic) bond motifs is 1. The molecule has 0 aromatic carbocycles. The largest absolute Gasteiger partial charge is 0.369 e. The molecule has 1 heterocycles. The van der Waals surface area contributed by atoms with Crippen molar-refractivity contribution in [3.8, 4) is 0 Å². The topological polar surface area (TPSA) is 107 Å². The molecule has 26 heavy (non-hydrogen) atoms. The summed E-state index contributed by atoms with van der Waals surface area (Å²) in [6.07, 6.45) is 4.57. The lowest BCUT2D eigenvalue weighted by molar-refractivity contribution is -0.213. The van der Waals surface area contributed by atoms with E-state index in [0.29, 0.717) is 12.4 Å². The summed E-state index contributed by atoms with van der Waals surface area (Å²) in [6.45, 7) is 4.55. The molecule has 6 atom stereocenters. The minimum absolute atomic E-state index is 0.0114. The fourth-order valence-electron chi connectivity index (χ4n) is 4.95. The fourth-order valence-corrected chi connectivity index (χ4v) is 4.95.